The van der Waals surface area contributed by atoms with E-state index in [4.69, 9.17) is 0 Å². The molecule has 0 bridgehead atoms. The third-order valence-corrected chi connectivity index (χ3v) is 7.74. The Hall–Kier alpha value is -3.69. The van der Waals surface area contributed by atoms with Gasteiger partial charge in [-0.1, -0.05) is 36.4 Å². The molecule has 9 heteroatoms. The first kappa shape index (κ1) is 23.1. The fourth-order valence-corrected chi connectivity index (χ4v) is 5.89. The minimum Gasteiger partial charge on any atom is -0.386 e. The summed E-state index contributed by atoms with van der Waals surface area (Å²) in [5.41, 5.74) is 0.638. The van der Waals surface area contributed by atoms with Gasteiger partial charge in [-0.3, -0.25) is 9.78 Å². The molecule has 0 atom stereocenters. The summed E-state index contributed by atoms with van der Waals surface area (Å²) in [4.78, 5) is 22.5. The first-order valence-electron chi connectivity index (χ1n) is 11.0. The Bertz CT molecular complexity index is 1510. The van der Waals surface area contributed by atoms with Crippen molar-refractivity contribution in [1.82, 2.24) is 14.9 Å². The number of carbonyl (C=O) groups excluding carboxylic acids is 1. The van der Waals surface area contributed by atoms with Crippen LogP contribution < -0.4 is 0 Å². The van der Waals surface area contributed by atoms with Gasteiger partial charge in [0.25, 0.3) is 5.91 Å². The van der Waals surface area contributed by atoms with Crippen LogP contribution >= 0.6 is 0 Å². The summed E-state index contributed by atoms with van der Waals surface area (Å²) < 4.78 is 39.4. The third kappa shape index (κ3) is 4.78. The second-order valence-corrected chi connectivity index (χ2v) is 10.8. The fourth-order valence-electron chi connectivity index (χ4n) is 4.36. The number of hydrogen-bond acceptors (Lipinski definition) is 6. The molecule has 0 unspecified atom stereocenters. The van der Waals surface area contributed by atoms with Crippen LogP contribution in [0, 0.1) is 5.95 Å². The summed E-state index contributed by atoms with van der Waals surface area (Å²) in [7, 11) is -3.65. The van der Waals surface area contributed by atoms with Crippen LogP contribution in [0.5, 0.6) is 0 Å². The lowest BCUT2D eigenvalue weighted by Crippen LogP contribution is -2.64. The predicted molar refractivity (Wildman–Crippen MR) is 128 cm³/mol. The van der Waals surface area contributed by atoms with Gasteiger partial charge in [-0.25, -0.2) is 13.4 Å². The normalized spacial score (nSPS) is 15.1. The molecule has 1 fully saturated rings. The number of hydrogen-bond donors (Lipinski definition) is 1. The summed E-state index contributed by atoms with van der Waals surface area (Å²) in [5.74, 6) is -1.10. The van der Waals surface area contributed by atoms with Crippen molar-refractivity contribution >= 4 is 26.6 Å². The SMILES string of the molecule is O=C(c1ccc(CS(=O)(=O)c2cccc3cccnc23)cc1)N1CC(O)(Cc2cccc(F)n2)C1. The number of para-hydroxylation sites is 1. The smallest absolute Gasteiger partial charge is 0.254 e. The van der Waals surface area contributed by atoms with Gasteiger partial charge in [0.05, 0.1) is 29.3 Å². The molecular weight excluding hydrogens is 469 g/mol. The lowest BCUT2D eigenvalue weighted by atomic mass is 9.88. The topological polar surface area (TPSA) is 100 Å². The van der Waals surface area contributed by atoms with Crippen molar-refractivity contribution in [2.24, 2.45) is 0 Å². The highest BCUT2D eigenvalue weighted by Gasteiger charge is 2.44. The molecule has 35 heavy (non-hydrogen) atoms. The van der Waals surface area contributed by atoms with E-state index < -0.39 is 21.4 Å². The lowest BCUT2D eigenvalue weighted by molar-refractivity contribution is -0.0805. The minimum atomic E-state index is -3.65. The third-order valence-electron chi connectivity index (χ3n) is 6.03. The van der Waals surface area contributed by atoms with Crippen LogP contribution in [0.1, 0.15) is 21.6 Å². The number of aliphatic hydroxyl groups is 1. The Morgan fingerprint density at radius 3 is 2.46 bits per heavy atom. The number of β-amino-alcohol motifs (C(OH)–C–C–N with tert-alkyl or cyclic N) is 1. The molecule has 7 nitrogen and oxygen atoms in total. The zero-order chi connectivity index (χ0) is 24.6. The average Bonchev–Trinajstić information content (AvgIpc) is 2.82. The van der Waals surface area contributed by atoms with Gasteiger partial charge in [0.2, 0.25) is 5.95 Å². The van der Waals surface area contributed by atoms with Crippen molar-refractivity contribution in [3.63, 3.8) is 0 Å². The van der Waals surface area contributed by atoms with Crippen LogP contribution in [-0.2, 0) is 22.0 Å². The number of fused-ring (bicyclic) bond motifs is 1. The summed E-state index contributed by atoms with van der Waals surface area (Å²) in [6, 6.07) is 19.4. The fraction of sp³-hybridized carbons (Fsp3) is 0.192. The van der Waals surface area contributed by atoms with E-state index in [2.05, 4.69) is 9.97 Å². The van der Waals surface area contributed by atoms with Gasteiger partial charge >= 0.3 is 0 Å². The summed E-state index contributed by atoms with van der Waals surface area (Å²) >= 11 is 0. The van der Waals surface area contributed by atoms with E-state index in [-0.39, 0.29) is 36.1 Å². The van der Waals surface area contributed by atoms with Gasteiger partial charge in [0.1, 0.15) is 5.60 Å². The molecule has 1 saturated heterocycles. The number of benzene rings is 2. The number of amides is 1. The van der Waals surface area contributed by atoms with Gasteiger partial charge < -0.3 is 10.0 Å². The molecule has 178 valence electrons. The zero-order valence-electron chi connectivity index (χ0n) is 18.6. The van der Waals surface area contributed by atoms with Crippen LogP contribution in [0.15, 0.2) is 83.9 Å². The number of sulfone groups is 1. The summed E-state index contributed by atoms with van der Waals surface area (Å²) in [6.45, 7) is 0.211. The van der Waals surface area contributed by atoms with Crippen molar-refractivity contribution in [3.05, 3.63) is 102 Å². The molecule has 0 spiro atoms. The monoisotopic (exact) mass is 491 g/mol. The quantitative estimate of drug-likeness (QED) is 0.416. The van der Waals surface area contributed by atoms with Gasteiger partial charge in [-0.15, -0.1) is 0 Å². The zero-order valence-corrected chi connectivity index (χ0v) is 19.5. The van der Waals surface area contributed by atoms with E-state index in [1.54, 1.807) is 54.7 Å². The van der Waals surface area contributed by atoms with Crippen LogP contribution in [0.2, 0.25) is 0 Å². The molecule has 1 aliphatic rings. The molecule has 0 aliphatic carbocycles. The molecule has 1 N–H and O–H groups in total. The van der Waals surface area contributed by atoms with E-state index >= 15 is 0 Å². The Labute approximate surface area is 201 Å². The molecule has 1 aliphatic heterocycles. The number of pyridine rings is 2. The summed E-state index contributed by atoms with van der Waals surface area (Å²) in [6.07, 6.45) is 1.71. The minimum absolute atomic E-state index is 0.105. The Morgan fingerprint density at radius 2 is 1.71 bits per heavy atom. The number of rotatable bonds is 6. The van der Waals surface area contributed by atoms with E-state index in [9.17, 15) is 22.7 Å². The van der Waals surface area contributed by atoms with Crippen molar-refractivity contribution in [2.75, 3.05) is 13.1 Å². The molecule has 1 amide bonds. The summed E-state index contributed by atoms with van der Waals surface area (Å²) in [5, 5.41) is 11.4. The molecule has 2 aromatic carbocycles. The standard InChI is InChI=1S/C26H22FN3O4S/c27-23-8-2-6-21(29-23)14-26(32)16-30(17-26)25(31)20-11-9-18(10-12-20)15-35(33,34)22-7-1-4-19-5-3-13-28-24(19)22/h1-13,32H,14-17H2. The highest BCUT2D eigenvalue weighted by Crippen LogP contribution is 2.27. The number of nitrogens with zero attached hydrogens (tertiary/aromatic N) is 3. The first-order valence-corrected chi connectivity index (χ1v) is 12.7. The molecule has 2 aromatic heterocycles. The van der Waals surface area contributed by atoms with Crippen LogP contribution in [0.25, 0.3) is 10.9 Å². The highest BCUT2D eigenvalue weighted by molar-refractivity contribution is 7.90. The van der Waals surface area contributed by atoms with Gasteiger partial charge in [-0.2, -0.15) is 4.39 Å². The van der Waals surface area contributed by atoms with Gasteiger partial charge in [-0.05, 0) is 42.0 Å². The molecule has 3 heterocycles. The van der Waals surface area contributed by atoms with Crippen LogP contribution in [-0.4, -0.2) is 53.0 Å². The second kappa shape index (κ2) is 8.83. The van der Waals surface area contributed by atoms with Gasteiger partial charge in [0, 0.05) is 29.3 Å². The average molecular weight is 492 g/mol. The van der Waals surface area contributed by atoms with E-state index in [0.29, 0.717) is 22.3 Å². The highest BCUT2D eigenvalue weighted by atomic mass is 32.2. The molecule has 4 aromatic rings. The first-order chi connectivity index (χ1) is 16.7. The van der Waals surface area contributed by atoms with E-state index in [0.717, 1.165) is 5.39 Å². The maximum atomic E-state index is 13.3. The Kier molecular flexibility index (Phi) is 5.82. The Morgan fingerprint density at radius 1 is 1.00 bits per heavy atom. The van der Waals surface area contributed by atoms with Crippen molar-refractivity contribution < 1.29 is 22.7 Å². The number of halogens is 1. The van der Waals surface area contributed by atoms with Crippen LogP contribution in [0.3, 0.4) is 0 Å². The largest absolute Gasteiger partial charge is 0.386 e. The number of carbonyl (C=O) groups is 1. The number of likely N-dealkylation sites (tertiary alicyclic amines) is 1. The Balaban J connectivity index is 1.25. The van der Waals surface area contributed by atoms with Gasteiger partial charge in [0.15, 0.2) is 9.84 Å². The second-order valence-electron chi connectivity index (χ2n) is 8.80. The maximum Gasteiger partial charge on any atom is 0.254 e. The van der Waals surface area contributed by atoms with Crippen molar-refractivity contribution in [3.8, 4) is 0 Å². The molecular formula is C26H22FN3O4S. The molecule has 0 saturated carbocycles. The van der Waals surface area contributed by atoms with Crippen LogP contribution in [0.4, 0.5) is 4.39 Å². The maximum absolute atomic E-state index is 13.3. The van der Waals surface area contributed by atoms with Crippen molar-refractivity contribution in [2.45, 2.75) is 22.7 Å². The van der Waals surface area contributed by atoms with E-state index in [1.165, 1.54) is 17.0 Å². The van der Waals surface area contributed by atoms with E-state index in [1.807, 2.05) is 12.1 Å². The van der Waals surface area contributed by atoms with Crippen molar-refractivity contribution in [1.29, 1.82) is 0 Å². The lowest BCUT2D eigenvalue weighted by Gasteiger charge is -2.46. The molecule has 0 radical (unpaired) electrons. The molecule has 5 rings (SSSR count). The number of aromatic nitrogens is 2. The predicted octanol–water partition coefficient (Wildman–Crippen LogP) is 3.17.